The van der Waals surface area contributed by atoms with Crippen molar-refractivity contribution in [1.82, 2.24) is 15.5 Å². The van der Waals surface area contributed by atoms with Gasteiger partial charge >= 0.3 is 12.1 Å². The predicted octanol–water partition coefficient (Wildman–Crippen LogP) is 2.23. The van der Waals surface area contributed by atoms with Crippen LogP contribution in [0.2, 0.25) is 0 Å². The largest absolute Gasteiger partial charge is 0.467 e. The molecule has 3 amide bonds. The summed E-state index contributed by atoms with van der Waals surface area (Å²) >= 11 is 0. The maximum absolute atomic E-state index is 13.7. The van der Waals surface area contributed by atoms with Crippen LogP contribution in [0, 0.1) is 11.8 Å². The number of nitrogens with zero attached hydrogens (tertiary/aromatic N) is 1. The highest BCUT2D eigenvalue weighted by Crippen LogP contribution is 2.36. The van der Waals surface area contributed by atoms with E-state index in [1.807, 2.05) is 13.8 Å². The molecule has 1 saturated carbocycles. The summed E-state index contributed by atoms with van der Waals surface area (Å²) in [6.07, 6.45) is -0.652. The third kappa shape index (κ3) is 7.26. The average molecular weight is 476 g/mol. The van der Waals surface area contributed by atoms with E-state index in [1.54, 1.807) is 0 Å². The lowest BCUT2D eigenvalue weighted by molar-refractivity contribution is -0.146. The number of hydrogen-bond acceptors (Lipinski definition) is 6. The van der Waals surface area contributed by atoms with Gasteiger partial charge in [0.05, 0.1) is 14.2 Å². The zero-order chi connectivity index (χ0) is 24.8. The van der Waals surface area contributed by atoms with E-state index in [2.05, 4.69) is 10.6 Å². The molecule has 1 aliphatic heterocycles. The molecule has 0 unspecified atom stereocenters. The molecule has 0 bridgehead atoms. The van der Waals surface area contributed by atoms with Gasteiger partial charge in [-0.25, -0.2) is 18.4 Å². The molecule has 1 aliphatic carbocycles. The topological polar surface area (TPSA) is 114 Å². The van der Waals surface area contributed by atoms with E-state index in [1.165, 1.54) is 19.1 Å². The molecule has 2 N–H and O–H groups in total. The number of esters is 1. The fourth-order valence-corrected chi connectivity index (χ4v) is 4.51. The molecule has 0 aromatic carbocycles. The average Bonchev–Trinajstić information content (AvgIpc) is 3.16. The number of methoxy groups -OCH3 is 2. The zero-order valence-electron chi connectivity index (χ0n) is 19.7. The Bertz CT molecular complexity index is 723. The summed E-state index contributed by atoms with van der Waals surface area (Å²) in [5.74, 6) is -4.78. The highest BCUT2D eigenvalue weighted by molar-refractivity contribution is 5.90. The van der Waals surface area contributed by atoms with Crippen molar-refractivity contribution in [1.29, 1.82) is 0 Å². The summed E-state index contributed by atoms with van der Waals surface area (Å²) in [5.41, 5.74) is 0. The van der Waals surface area contributed by atoms with Crippen molar-refractivity contribution in [2.24, 2.45) is 11.8 Å². The van der Waals surface area contributed by atoms with Crippen LogP contribution in [-0.2, 0) is 23.9 Å². The van der Waals surface area contributed by atoms with Crippen molar-refractivity contribution >= 4 is 23.9 Å². The SMILES string of the molecule is COC(=O)[C@H](C[C@@H]1CCNC1=O)NC(=O)[C@H](CC(C)C)N(C(=O)OC)C1CCC(F)(F)CC1. The minimum atomic E-state index is -2.80. The monoisotopic (exact) mass is 475 g/mol. The molecule has 1 heterocycles. The standard InChI is InChI=1S/C22H35F2N3O6/c1-13(2)11-17(27(21(31)33-4)15-5-8-22(23,24)9-6-15)19(29)26-16(20(30)32-3)12-14-7-10-25-18(14)28/h13-17H,5-12H2,1-4H3,(H,25,28)(H,26,29)/t14-,16-,17-/m0/s1. The maximum Gasteiger partial charge on any atom is 0.410 e. The third-order valence-corrected chi connectivity index (χ3v) is 6.28. The number of carbonyl (C=O) groups is 4. The van der Waals surface area contributed by atoms with E-state index in [0.29, 0.717) is 13.0 Å². The Balaban J connectivity index is 2.26. The van der Waals surface area contributed by atoms with Crippen LogP contribution < -0.4 is 10.6 Å². The molecule has 3 atom stereocenters. The predicted molar refractivity (Wildman–Crippen MR) is 114 cm³/mol. The first-order chi connectivity index (χ1) is 15.5. The van der Waals surface area contributed by atoms with Crippen molar-refractivity contribution in [3.05, 3.63) is 0 Å². The summed E-state index contributed by atoms with van der Waals surface area (Å²) in [4.78, 5) is 51.6. The Morgan fingerprint density at radius 3 is 2.27 bits per heavy atom. The van der Waals surface area contributed by atoms with Crippen LogP contribution in [-0.4, -0.2) is 73.6 Å². The van der Waals surface area contributed by atoms with E-state index < -0.39 is 47.9 Å². The van der Waals surface area contributed by atoms with E-state index in [-0.39, 0.29) is 50.4 Å². The van der Waals surface area contributed by atoms with E-state index in [9.17, 15) is 28.0 Å². The molecule has 0 spiro atoms. The van der Waals surface area contributed by atoms with E-state index >= 15 is 0 Å². The highest BCUT2D eigenvalue weighted by Gasteiger charge is 2.43. The maximum atomic E-state index is 13.7. The summed E-state index contributed by atoms with van der Waals surface area (Å²) in [7, 11) is 2.36. The molecule has 2 fully saturated rings. The van der Waals surface area contributed by atoms with Crippen molar-refractivity contribution in [2.75, 3.05) is 20.8 Å². The molecule has 2 aliphatic rings. The first kappa shape index (κ1) is 26.8. The number of nitrogens with one attached hydrogen (secondary N) is 2. The summed E-state index contributed by atoms with van der Waals surface area (Å²) in [6.45, 7) is 4.22. The van der Waals surface area contributed by atoms with Gasteiger partial charge < -0.3 is 20.1 Å². The van der Waals surface area contributed by atoms with E-state index in [4.69, 9.17) is 9.47 Å². The molecule has 1 saturated heterocycles. The number of ether oxygens (including phenoxy) is 2. The molecule has 0 aromatic rings. The van der Waals surface area contributed by atoms with Gasteiger partial charge in [0.1, 0.15) is 12.1 Å². The van der Waals surface area contributed by atoms with Crippen LogP contribution >= 0.6 is 0 Å². The number of halogens is 2. The number of rotatable bonds is 9. The fraction of sp³-hybridized carbons (Fsp3) is 0.818. The lowest BCUT2D eigenvalue weighted by Crippen LogP contribution is -2.58. The highest BCUT2D eigenvalue weighted by atomic mass is 19.3. The third-order valence-electron chi connectivity index (χ3n) is 6.28. The summed E-state index contributed by atoms with van der Waals surface area (Å²) < 4.78 is 37.2. The van der Waals surface area contributed by atoms with Crippen molar-refractivity contribution in [2.45, 2.75) is 82.8 Å². The molecule has 188 valence electrons. The Morgan fingerprint density at radius 2 is 1.79 bits per heavy atom. The zero-order valence-corrected chi connectivity index (χ0v) is 19.7. The first-order valence-electron chi connectivity index (χ1n) is 11.4. The lowest BCUT2D eigenvalue weighted by atomic mass is 9.89. The van der Waals surface area contributed by atoms with Gasteiger partial charge in [-0.2, -0.15) is 0 Å². The Hall–Kier alpha value is -2.46. The quantitative estimate of drug-likeness (QED) is 0.495. The van der Waals surface area contributed by atoms with E-state index in [0.717, 1.165) is 0 Å². The van der Waals surface area contributed by atoms with Crippen molar-refractivity contribution < 1.29 is 37.4 Å². The molecule has 2 rings (SSSR count). The van der Waals surface area contributed by atoms with Gasteiger partial charge in [-0.15, -0.1) is 0 Å². The van der Waals surface area contributed by atoms with Crippen LogP contribution in [0.3, 0.4) is 0 Å². The smallest absolute Gasteiger partial charge is 0.410 e. The van der Waals surface area contributed by atoms with Gasteiger partial charge in [-0.1, -0.05) is 13.8 Å². The van der Waals surface area contributed by atoms with Gasteiger partial charge in [-0.05, 0) is 38.0 Å². The summed E-state index contributed by atoms with van der Waals surface area (Å²) in [6, 6.07) is -2.70. The molecule has 11 heteroatoms. The van der Waals surface area contributed by atoms with Gasteiger partial charge in [0.2, 0.25) is 17.7 Å². The van der Waals surface area contributed by atoms with Gasteiger partial charge in [-0.3, -0.25) is 14.5 Å². The second-order valence-electron chi connectivity index (χ2n) is 9.21. The second-order valence-corrected chi connectivity index (χ2v) is 9.21. The van der Waals surface area contributed by atoms with Crippen LogP contribution in [0.4, 0.5) is 13.6 Å². The minimum absolute atomic E-state index is 0.0184. The van der Waals surface area contributed by atoms with Crippen LogP contribution in [0.5, 0.6) is 0 Å². The van der Waals surface area contributed by atoms with Gasteiger partial charge in [0, 0.05) is 31.3 Å². The van der Waals surface area contributed by atoms with Gasteiger partial charge in [0.25, 0.3) is 0 Å². The van der Waals surface area contributed by atoms with Crippen molar-refractivity contribution in [3.63, 3.8) is 0 Å². The minimum Gasteiger partial charge on any atom is -0.467 e. The number of carbonyl (C=O) groups excluding carboxylic acids is 4. The fourth-order valence-electron chi connectivity index (χ4n) is 4.51. The van der Waals surface area contributed by atoms with Crippen LogP contribution in [0.1, 0.15) is 58.8 Å². The molecule has 33 heavy (non-hydrogen) atoms. The number of hydrogen-bond donors (Lipinski definition) is 2. The van der Waals surface area contributed by atoms with Crippen LogP contribution in [0.25, 0.3) is 0 Å². The Morgan fingerprint density at radius 1 is 1.15 bits per heavy atom. The Labute approximate surface area is 192 Å². The molecular formula is C22H35F2N3O6. The normalized spacial score (nSPS) is 22.3. The molecule has 0 radical (unpaired) electrons. The first-order valence-corrected chi connectivity index (χ1v) is 11.4. The number of amides is 3. The van der Waals surface area contributed by atoms with Gasteiger partial charge in [0.15, 0.2) is 0 Å². The number of alkyl halides is 2. The van der Waals surface area contributed by atoms with Crippen molar-refractivity contribution in [3.8, 4) is 0 Å². The summed E-state index contributed by atoms with van der Waals surface area (Å²) in [5, 5.41) is 5.33. The lowest BCUT2D eigenvalue weighted by Gasteiger charge is -2.40. The molecule has 9 nitrogen and oxygen atoms in total. The molecule has 0 aromatic heterocycles. The van der Waals surface area contributed by atoms with Crippen LogP contribution in [0.15, 0.2) is 0 Å². The second kappa shape index (κ2) is 11.6. The molecular weight excluding hydrogens is 440 g/mol. The Kier molecular flexibility index (Phi) is 9.42.